The van der Waals surface area contributed by atoms with Crippen LogP contribution >= 0.6 is 0 Å². The summed E-state index contributed by atoms with van der Waals surface area (Å²) in [5.74, 6) is 2.03. The van der Waals surface area contributed by atoms with Gasteiger partial charge < -0.3 is 40.5 Å². The summed E-state index contributed by atoms with van der Waals surface area (Å²) in [6.45, 7) is 5.75. The van der Waals surface area contributed by atoms with Gasteiger partial charge in [-0.3, -0.25) is 9.59 Å². The molecule has 0 bridgehead atoms. The maximum atomic E-state index is 13.1. The van der Waals surface area contributed by atoms with Gasteiger partial charge >= 0.3 is 12.2 Å². The Morgan fingerprint density at radius 2 is 0.771 bits per heavy atom. The first kappa shape index (κ1) is 36.7. The van der Waals surface area contributed by atoms with Crippen molar-refractivity contribution in [3.63, 3.8) is 0 Å². The van der Waals surface area contributed by atoms with Crippen LogP contribution in [0.2, 0.25) is 0 Å². The molecule has 0 spiro atoms. The third-order valence-electron chi connectivity index (χ3n) is 11.9. The Morgan fingerprint density at radius 3 is 1.08 bits per heavy atom. The van der Waals surface area contributed by atoms with Gasteiger partial charge in [0.25, 0.3) is 0 Å². The molecule has 272 valence electrons. The van der Waals surface area contributed by atoms with Gasteiger partial charge in [-0.1, -0.05) is 0 Å². The van der Waals surface area contributed by atoms with E-state index in [9.17, 15) is 19.2 Å². The molecule has 3 saturated carbocycles. The summed E-state index contributed by atoms with van der Waals surface area (Å²) >= 11 is 0. The van der Waals surface area contributed by atoms with Crippen molar-refractivity contribution in [1.82, 2.24) is 19.6 Å². The number of hydrogen-bond acceptors (Lipinski definition) is 8. The summed E-state index contributed by atoms with van der Waals surface area (Å²) in [5.41, 5.74) is 11.4. The van der Waals surface area contributed by atoms with Crippen molar-refractivity contribution in [3.8, 4) is 0 Å². The fraction of sp³-hybridized carbons (Fsp3) is 0.889. The molecule has 12 heteroatoms. The SMILES string of the molecule is NCCC1CCC(C(=O)N2CCN(C(=O)OC3CCCC(OC(=O)N4CCN(C(=O)C5CCC(CCN)CC5)CC4)CCC3)CC2)CC1. The molecule has 5 aliphatic rings. The molecule has 0 aromatic heterocycles. The van der Waals surface area contributed by atoms with E-state index in [1.54, 1.807) is 9.80 Å². The monoisotopic (exact) mass is 674 g/mol. The van der Waals surface area contributed by atoms with Crippen LogP contribution in [0.15, 0.2) is 0 Å². The van der Waals surface area contributed by atoms with Gasteiger partial charge in [-0.25, -0.2) is 9.59 Å². The molecule has 4 amide bonds. The van der Waals surface area contributed by atoms with Gasteiger partial charge in [-0.05, 0) is 128 Å². The molecular formula is C36H62N6O6. The average Bonchev–Trinajstić information content (AvgIpc) is 3.10. The van der Waals surface area contributed by atoms with Gasteiger partial charge in [0.1, 0.15) is 12.2 Å². The zero-order valence-corrected chi connectivity index (χ0v) is 29.2. The van der Waals surface area contributed by atoms with Crippen LogP contribution in [-0.2, 0) is 19.1 Å². The van der Waals surface area contributed by atoms with Crippen LogP contribution in [0.25, 0.3) is 0 Å². The highest BCUT2D eigenvalue weighted by Gasteiger charge is 2.35. The summed E-state index contributed by atoms with van der Waals surface area (Å²) in [5, 5.41) is 0. The maximum absolute atomic E-state index is 13.1. The minimum atomic E-state index is -0.283. The number of carbonyl (C=O) groups is 4. The number of ether oxygens (including phenoxy) is 2. The van der Waals surface area contributed by atoms with E-state index < -0.39 is 0 Å². The van der Waals surface area contributed by atoms with Gasteiger partial charge in [0.15, 0.2) is 0 Å². The van der Waals surface area contributed by atoms with Crippen molar-refractivity contribution < 1.29 is 28.7 Å². The van der Waals surface area contributed by atoms with Gasteiger partial charge in [0.05, 0.1) is 0 Å². The molecule has 0 radical (unpaired) electrons. The van der Waals surface area contributed by atoms with Crippen LogP contribution in [0.4, 0.5) is 9.59 Å². The number of carbonyl (C=O) groups excluding carboxylic acids is 4. The normalized spacial score (nSPS) is 30.6. The van der Waals surface area contributed by atoms with Crippen molar-refractivity contribution in [2.45, 2.75) is 115 Å². The van der Waals surface area contributed by atoms with Crippen molar-refractivity contribution in [2.75, 3.05) is 65.4 Å². The van der Waals surface area contributed by atoms with Crippen LogP contribution in [0.3, 0.4) is 0 Å². The quantitative estimate of drug-likeness (QED) is 0.393. The summed E-state index contributed by atoms with van der Waals surface area (Å²) in [6.07, 6.45) is 14.0. The first-order valence-corrected chi connectivity index (χ1v) is 19.2. The summed E-state index contributed by atoms with van der Waals surface area (Å²) in [6, 6.07) is 0. The molecule has 5 fully saturated rings. The lowest BCUT2D eigenvalue weighted by molar-refractivity contribution is -0.139. The standard InChI is InChI=1S/C36H62N6O6/c37-17-15-27-7-11-29(12-8-27)33(43)39-19-23-41(24-20-39)35(45)47-31-3-1-4-32(6-2-5-31)48-36(46)42-25-21-40(22-26-42)34(44)30-13-9-28(10-14-30)16-18-38/h27-32H,1-26,37-38H2. The molecule has 4 N–H and O–H groups in total. The van der Waals surface area contributed by atoms with E-state index >= 15 is 0 Å². The van der Waals surface area contributed by atoms with Crippen molar-refractivity contribution in [3.05, 3.63) is 0 Å². The highest BCUT2D eigenvalue weighted by molar-refractivity contribution is 5.80. The molecular weight excluding hydrogens is 612 g/mol. The van der Waals surface area contributed by atoms with Crippen molar-refractivity contribution in [1.29, 1.82) is 0 Å². The van der Waals surface area contributed by atoms with E-state index in [2.05, 4.69) is 0 Å². The zero-order chi connectivity index (χ0) is 33.9. The van der Waals surface area contributed by atoms with E-state index in [0.717, 1.165) is 116 Å². The predicted molar refractivity (Wildman–Crippen MR) is 183 cm³/mol. The summed E-state index contributed by atoms with van der Waals surface area (Å²) in [7, 11) is 0. The van der Waals surface area contributed by atoms with Gasteiger partial charge in [-0.15, -0.1) is 0 Å². The van der Waals surface area contributed by atoms with Crippen LogP contribution in [0.5, 0.6) is 0 Å². The fourth-order valence-corrected chi connectivity index (χ4v) is 8.71. The second-order valence-corrected chi connectivity index (χ2v) is 15.1. The second kappa shape index (κ2) is 18.4. The highest BCUT2D eigenvalue weighted by Crippen LogP contribution is 2.33. The Hall–Kier alpha value is -2.60. The minimum Gasteiger partial charge on any atom is -0.446 e. The Balaban J connectivity index is 0.946. The minimum absolute atomic E-state index is 0.109. The number of piperazine rings is 2. The lowest BCUT2D eigenvalue weighted by Crippen LogP contribution is -2.52. The predicted octanol–water partition coefficient (Wildman–Crippen LogP) is 3.95. The molecule has 0 atom stereocenters. The lowest BCUT2D eigenvalue weighted by Gasteiger charge is -2.38. The number of rotatable bonds is 8. The Kier molecular flexibility index (Phi) is 14.1. The average molecular weight is 675 g/mol. The number of nitrogens with two attached hydrogens (primary N) is 2. The molecule has 0 aromatic carbocycles. The molecule has 2 aliphatic heterocycles. The van der Waals surface area contributed by atoms with E-state index in [-0.39, 0.29) is 48.0 Å². The molecule has 0 unspecified atom stereocenters. The van der Waals surface area contributed by atoms with Crippen LogP contribution in [-0.4, -0.2) is 121 Å². The third kappa shape index (κ3) is 10.2. The van der Waals surface area contributed by atoms with Gasteiger partial charge in [0, 0.05) is 64.2 Å². The van der Waals surface area contributed by atoms with Crippen molar-refractivity contribution >= 4 is 24.0 Å². The van der Waals surface area contributed by atoms with Gasteiger partial charge in [0.2, 0.25) is 11.8 Å². The number of hydrogen-bond donors (Lipinski definition) is 2. The molecule has 5 rings (SSSR count). The lowest BCUT2D eigenvalue weighted by atomic mass is 9.80. The Bertz CT molecular complexity index is 956. The Labute approximate surface area is 287 Å². The topological polar surface area (TPSA) is 152 Å². The highest BCUT2D eigenvalue weighted by atomic mass is 16.6. The maximum Gasteiger partial charge on any atom is 0.410 e. The fourth-order valence-electron chi connectivity index (χ4n) is 8.71. The molecule has 3 aliphatic carbocycles. The number of amides is 4. The zero-order valence-electron chi connectivity index (χ0n) is 29.2. The van der Waals surface area contributed by atoms with E-state index in [1.807, 2.05) is 9.80 Å². The number of nitrogens with zero attached hydrogens (tertiary/aromatic N) is 4. The largest absolute Gasteiger partial charge is 0.446 e. The second-order valence-electron chi connectivity index (χ2n) is 15.1. The van der Waals surface area contributed by atoms with Gasteiger partial charge in [-0.2, -0.15) is 0 Å². The first-order valence-electron chi connectivity index (χ1n) is 19.2. The van der Waals surface area contributed by atoms with Crippen LogP contribution in [0.1, 0.15) is 103 Å². The Morgan fingerprint density at radius 1 is 0.458 bits per heavy atom. The summed E-state index contributed by atoms with van der Waals surface area (Å²) in [4.78, 5) is 59.6. The first-order chi connectivity index (χ1) is 23.3. The molecule has 2 heterocycles. The van der Waals surface area contributed by atoms with Crippen LogP contribution in [0, 0.1) is 23.7 Å². The van der Waals surface area contributed by atoms with E-state index in [1.165, 1.54) is 0 Å². The van der Waals surface area contributed by atoms with Crippen LogP contribution < -0.4 is 11.5 Å². The molecule has 0 aromatic rings. The molecule has 12 nitrogen and oxygen atoms in total. The van der Waals surface area contributed by atoms with Crippen molar-refractivity contribution in [2.24, 2.45) is 35.1 Å². The summed E-state index contributed by atoms with van der Waals surface area (Å²) < 4.78 is 11.9. The molecule has 48 heavy (non-hydrogen) atoms. The smallest absolute Gasteiger partial charge is 0.410 e. The third-order valence-corrected chi connectivity index (χ3v) is 11.9. The van der Waals surface area contributed by atoms with E-state index in [0.29, 0.717) is 64.2 Å². The van der Waals surface area contributed by atoms with E-state index in [4.69, 9.17) is 20.9 Å². The molecule has 2 saturated heterocycles.